The number of pyridine rings is 1. The van der Waals surface area contributed by atoms with E-state index in [1.165, 1.54) is 0 Å². The molecule has 3 nitrogen and oxygen atoms in total. The zero-order valence-corrected chi connectivity index (χ0v) is 13.8. The van der Waals surface area contributed by atoms with Crippen molar-refractivity contribution in [1.82, 2.24) is 4.98 Å². The second-order valence-electron chi connectivity index (χ2n) is 7.84. The first-order valence-electron chi connectivity index (χ1n) is 8.16. The summed E-state index contributed by atoms with van der Waals surface area (Å²) < 4.78 is 67.9. The van der Waals surface area contributed by atoms with Crippen LogP contribution in [0.25, 0.3) is 0 Å². The number of hydrogen-bond donors (Lipinski definition) is 2. The van der Waals surface area contributed by atoms with Crippen molar-refractivity contribution in [2.75, 3.05) is 0 Å². The zero-order chi connectivity index (χ0) is 18.7. The SMILES string of the molecule is CC1(C)CC(O)CC(c2cnc(C(F)(F)F)c3c2[C@@H](F)[C@@H](F)[C@H]3O)C1. The summed E-state index contributed by atoms with van der Waals surface area (Å²) in [6.45, 7) is 3.81. The Balaban J connectivity index is 2.14. The maximum atomic E-state index is 14.4. The molecule has 2 unspecified atom stereocenters. The Kier molecular flexibility index (Phi) is 4.35. The molecular weight excluding hydrogens is 345 g/mol. The Labute approximate surface area is 141 Å². The summed E-state index contributed by atoms with van der Waals surface area (Å²) in [6.07, 6.45) is -10.4. The second-order valence-corrected chi connectivity index (χ2v) is 7.84. The largest absolute Gasteiger partial charge is 0.433 e. The van der Waals surface area contributed by atoms with Crippen molar-refractivity contribution in [3.05, 3.63) is 28.6 Å². The highest BCUT2D eigenvalue weighted by molar-refractivity contribution is 5.48. The van der Waals surface area contributed by atoms with Gasteiger partial charge in [-0.15, -0.1) is 0 Å². The van der Waals surface area contributed by atoms with Gasteiger partial charge in [0, 0.05) is 17.3 Å². The fourth-order valence-electron chi connectivity index (χ4n) is 4.31. The molecule has 1 fully saturated rings. The van der Waals surface area contributed by atoms with E-state index in [1.54, 1.807) is 0 Å². The normalized spacial score (nSPS) is 34.8. The van der Waals surface area contributed by atoms with Crippen LogP contribution in [0.1, 0.15) is 73.7 Å². The van der Waals surface area contributed by atoms with Gasteiger partial charge in [0.15, 0.2) is 18.0 Å². The number of rotatable bonds is 1. The molecule has 0 amide bonds. The van der Waals surface area contributed by atoms with Gasteiger partial charge in [-0.05, 0) is 36.2 Å². The minimum absolute atomic E-state index is 0.154. The van der Waals surface area contributed by atoms with E-state index in [2.05, 4.69) is 4.98 Å². The third kappa shape index (κ3) is 3.14. The standard InChI is InChI=1S/C17H20F5NO2/c1-16(2)4-7(3-8(24)5-16)9-6-23-15(17(20,21)22)11-10(9)12(18)13(19)14(11)25/h6-8,12-14,24-25H,3-5H2,1-2H3/t7?,8?,12-,13-,14+/m1/s1. The van der Waals surface area contributed by atoms with Crippen molar-refractivity contribution in [2.45, 2.75) is 69.8 Å². The molecule has 0 bridgehead atoms. The number of nitrogens with zero attached hydrogens (tertiary/aromatic N) is 1. The number of fused-ring (bicyclic) bond motifs is 1. The molecule has 0 aliphatic heterocycles. The second kappa shape index (κ2) is 5.87. The average Bonchev–Trinajstić information content (AvgIpc) is 2.69. The molecule has 5 atom stereocenters. The summed E-state index contributed by atoms with van der Waals surface area (Å²) >= 11 is 0. The Morgan fingerprint density at radius 1 is 1.12 bits per heavy atom. The van der Waals surface area contributed by atoms with Gasteiger partial charge in [0.05, 0.1) is 6.10 Å². The van der Waals surface area contributed by atoms with E-state index >= 15 is 0 Å². The van der Waals surface area contributed by atoms with E-state index < -0.39 is 53.5 Å². The maximum absolute atomic E-state index is 14.4. The van der Waals surface area contributed by atoms with Gasteiger partial charge in [-0.2, -0.15) is 13.2 Å². The number of aliphatic hydroxyl groups excluding tert-OH is 2. The monoisotopic (exact) mass is 365 g/mol. The summed E-state index contributed by atoms with van der Waals surface area (Å²) in [7, 11) is 0. The Hall–Kier alpha value is -1.28. The number of halogens is 5. The van der Waals surface area contributed by atoms with Crippen LogP contribution in [0, 0.1) is 5.41 Å². The quantitative estimate of drug-likeness (QED) is 0.735. The van der Waals surface area contributed by atoms with Crippen LogP contribution in [-0.4, -0.2) is 27.5 Å². The van der Waals surface area contributed by atoms with Crippen LogP contribution >= 0.6 is 0 Å². The van der Waals surface area contributed by atoms with E-state index in [1.807, 2.05) is 13.8 Å². The molecule has 0 radical (unpaired) electrons. The van der Waals surface area contributed by atoms with E-state index in [0.29, 0.717) is 12.8 Å². The van der Waals surface area contributed by atoms with E-state index in [0.717, 1.165) is 6.20 Å². The van der Waals surface area contributed by atoms with Crippen molar-refractivity contribution in [1.29, 1.82) is 0 Å². The van der Waals surface area contributed by atoms with Crippen LogP contribution < -0.4 is 0 Å². The Morgan fingerprint density at radius 3 is 2.32 bits per heavy atom. The van der Waals surface area contributed by atoms with Crippen LogP contribution in [0.5, 0.6) is 0 Å². The summed E-state index contributed by atoms with van der Waals surface area (Å²) in [5, 5.41) is 19.9. The molecule has 1 aromatic heterocycles. The first-order valence-corrected chi connectivity index (χ1v) is 8.16. The van der Waals surface area contributed by atoms with Crippen molar-refractivity contribution >= 4 is 0 Å². The lowest BCUT2D eigenvalue weighted by molar-refractivity contribution is -0.143. The molecule has 2 aliphatic carbocycles. The van der Waals surface area contributed by atoms with E-state index in [-0.39, 0.29) is 17.4 Å². The molecule has 8 heteroatoms. The Morgan fingerprint density at radius 2 is 1.76 bits per heavy atom. The Bertz CT molecular complexity index is 676. The van der Waals surface area contributed by atoms with Crippen LogP contribution in [0.2, 0.25) is 0 Å². The average molecular weight is 365 g/mol. The lowest BCUT2D eigenvalue weighted by Gasteiger charge is -2.39. The molecule has 25 heavy (non-hydrogen) atoms. The van der Waals surface area contributed by atoms with Gasteiger partial charge in [-0.1, -0.05) is 13.8 Å². The van der Waals surface area contributed by atoms with Gasteiger partial charge in [0.1, 0.15) is 6.10 Å². The predicted molar refractivity (Wildman–Crippen MR) is 79.3 cm³/mol. The highest BCUT2D eigenvalue weighted by atomic mass is 19.4. The fourth-order valence-corrected chi connectivity index (χ4v) is 4.31. The molecule has 1 heterocycles. The van der Waals surface area contributed by atoms with Gasteiger partial charge in [-0.25, -0.2) is 8.78 Å². The van der Waals surface area contributed by atoms with Crippen LogP contribution in [0.15, 0.2) is 6.20 Å². The topological polar surface area (TPSA) is 53.4 Å². The number of aromatic nitrogens is 1. The lowest BCUT2D eigenvalue weighted by atomic mass is 9.68. The van der Waals surface area contributed by atoms with Gasteiger partial charge in [0.25, 0.3) is 0 Å². The van der Waals surface area contributed by atoms with Crippen molar-refractivity contribution in [2.24, 2.45) is 5.41 Å². The van der Waals surface area contributed by atoms with Gasteiger partial charge in [0.2, 0.25) is 0 Å². The van der Waals surface area contributed by atoms with Gasteiger partial charge in [-0.3, -0.25) is 4.98 Å². The zero-order valence-electron chi connectivity index (χ0n) is 13.8. The van der Waals surface area contributed by atoms with Crippen molar-refractivity contribution in [3.8, 4) is 0 Å². The highest BCUT2D eigenvalue weighted by Crippen LogP contribution is 2.53. The third-order valence-electron chi connectivity index (χ3n) is 5.19. The van der Waals surface area contributed by atoms with E-state index in [4.69, 9.17) is 0 Å². The molecule has 0 aromatic carbocycles. The van der Waals surface area contributed by atoms with E-state index in [9.17, 15) is 32.2 Å². The minimum Gasteiger partial charge on any atom is -0.393 e. The summed E-state index contributed by atoms with van der Waals surface area (Å²) in [5.74, 6) is -0.446. The molecule has 2 N–H and O–H groups in total. The maximum Gasteiger partial charge on any atom is 0.433 e. The first kappa shape index (κ1) is 18.5. The summed E-state index contributed by atoms with van der Waals surface area (Å²) in [4.78, 5) is 3.39. The molecule has 3 rings (SSSR count). The molecule has 1 aromatic rings. The lowest BCUT2D eigenvalue weighted by Crippen LogP contribution is -2.31. The number of alkyl halides is 5. The van der Waals surface area contributed by atoms with Gasteiger partial charge < -0.3 is 10.2 Å². The minimum atomic E-state index is -4.92. The smallest absolute Gasteiger partial charge is 0.393 e. The van der Waals surface area contributed by atoms with Crippen molar-refractivity contribution in [3.63, 3.8) is 0 Å². The van der Waals surface area contributed by atoms with Crippen LogP contribution in [0.4, 0.5) is 22.0 Å². The molecule has 140 valence electrons. The first-order chi connectivity index (χ1) is 11.4. The highest BCUT2D eigenvalue weighted by Gasteiger charge is 2.50. The van der Waals surface area contributed by atoms with Crippen molar-refractivity contribution < 1.29 is 32.2 Å². The fraction of sp³-hybridized carbons (Fsp3) is 0.706. The molecule has 0 saturated heterocycles. The number of hydrogen-bond acceptors (Lipinski definition) is 3. The molecule has 1 saturated carbocycles. The third-order valence-corrected chi connectivity index (χ3v) is 5.19. The molecular formula is C17H20F5NO2. The predicted octanol–water partition coefficient (Wildman–Crippen LogP) is 4.15. The molecule has 2 aliphatic rings. The number of aliphatic hydroxyl groups is 2. The molecule has 0 spiro atoms. The van der Waals surface area contributed by atoms with Crippen LogP contribution in [0.3, 0.4) is 0 Å². The van der Waals surface area contributed by atoms with Crippen LogP contribution in [-0.2, 0) is 6.18 Å². The van der Waals surface area contributed by atoms with Gasteiger partial charge >= 0.3 is 6.18 Å². The summed E-state index contributed by atoms with van der Waals surface area (Å²) in [5.41, 5.74) is -2.84. The summed E-state index contributed by atoms with van der Waals surface area (Å²) in [6, 6.07) is 0.